The Balaban J connectivity index is 1.45. The van der Waals surface area contributed by atoms with E-state index in [1.165, 1.54) is 38.5 Å². The zero-order chi connectivity index (χ0) is 26.9. The van der Waals surface area contributed by atoms with Gasteiger partial charge in [-0.1, -0.05) is 19.1 Å². The van der Waals surface area contributed by atoms with E-state index >= 15 is 0 Å². The van der Waals surface area contributed by atoms with Crippen LogP contribution in [0.4, 0.5) is 0 Å². The minimum absolute atomic E-state index is 0.0531. The monoisotopic (exact) mass is 636 g/mol. The summed E-state index contributed by atoms with van der Waals surface area (Å²) in [4.78, 5) is 28.7. The van der Waals surface area contributed by atoms with Crippen molar-refractivity contribution in [3.8, 4) is 5.75 Å². The highest BCUT2D eigenvalue weighted by molar-refractivity contribution is 14.1. The number of amides is 2. The summed E-state index contributed by atoms with van der Waals surface area (Å²) in [6.07, 6.45) is 8.89. The normalized spacial score (nSPS) is 33.5. The number of aliphatic hydroxyl groups excluding tert-OH is 2. The van der Waals surface area contributed by atoms with Gasteiger partial charge in [0.15, 0.2) is 0 Å². The molecule has 6 rings (SSSR count). The summed E-state index contributed by atoms with van der Waals surface area (Å²) < 4.78 is 7.20. The van der Waals surface area contributed by atoms with Gasteiger partial charge in [0.25, 0.3) is 0 Å². The zero-order valence-electron chi connectivity index (χ0n) is 22.3. The number of rotatable bonds is 10. The second-order valence-electron chi connectivity index (χ2n) is 12.1. The van der Waals surface area contributed by atoms with Gasteiger partial charge < -0.3 is 25.2 Å². The molecule has 0 spiro atoms. The van der Waals surface area contributed by atoms with Crippen LogP contribution in [-0.4, -0.2) is 64.9 Å². The van der Waals surface area contributed by atoms with Gasteiger partial charge in [-0.15, -0.1) is 0 Å². The molecule has 8 heteroatoms. The van der Waals surface area contributed by atoms with Crippen LogP contribution in [0, 0.1) is 26.7 Å². The van der Waals surface area contributed by atoms with Gasteiger partial charge in [-0.05, 0) is 109 Å². The van der Waals surface area contributed by atoms with Crippen molar-refractivity contribution in [2.24, 2.45) is 23.2 Å². The van der Waals surface area contributed by atoms with Crippen LogP contribution in [0.2, 0.25) is 0 Å². The molecule has 0 aliphatic heterocycles. The molecule has 0 aromatic heterocycles. The molecule has 0 unspecified atom stereocenters. The molecule has 4 fully saturated rings. The van der Waals surface area contributed by atoms with E-state index < -0.39 is 18.2 Å². The Bertz CT molecular complexity index is 1020. The van der Waals surface area contributed by atoms with Crippen molar-refractivity contribution in [3.63, 3.8) is 0 Å². The van der Waals surface area contributed by atoms with E-state index in [1.54, 1.807) is 6.08 Å². The van der Waals surface area contributed by atoms with Crippen LogP contribution in [0.3, 0.4) is 0 Å². The Morgan fingerprint density at radius 1 is 1.13 bits per heavy atom. The molecule has 5 aliphatic carbocycles. The number of nitrogens with one attached hydrogen (secondary N) is 1. The number of aliphatic hydroxyl groups is 2. The Hall–Kier alpha value is -1.65. The average molecular weight is 637 g/mol. The third-order valence-corrected chi connectivity index (χ3v) is 10.1. The lowest BCUT2D eigenvalue weighted by Gasteiger charge is -2.58. The number of carbonyl (C=O) groups excluding carboxylic acids is 2. The predicted octanol–water partition coefficient (Wildman–Crippen LogP) is 4.05. The molecule has 5 aliphatic rings. The van der Waals surface area contributed by atoms with Gasteiger partial charge in [-0.3, -0.25) is 9.59 Å². The van der Waals surface area contributed by atoms with E-state index in [1.807, 2.05) is 36.1 Å². The summed E-state index contributed by atoms with van der Waals surface area (Å²) in [5.74, 6) is 2.68. The first-order valence-corrected chi connectivity index (χ1v) is 15.4. The van der Waals surface area contributed by atoms with Gasteiger partial charge in [0.1, 0.15) is 18.0 Å². The van der Waals surface area contributed by atoms with Gasteiger partial charge in [-0.2, -0.15) is 0 Å². The molecular formula is C30H41IN2O5. The first kappa shape index (κ1) is 27.9. The van der Waals surface area contributed by atoms with E-state index in [0.29, 0.717) is 24.3 Å². The fourth-order valence-electron chi connectivity index (χ4n) is 8.06. The number of halogens is 1. The smallest absolute Gasteiger partial charge is 0.247 e. The van der Waals surface area contributed by atoms with Crippen molar-refractivity contribution >= 4 is 34.4 Å². The van der Waals surface area contributed by atoms with Crippen LogP contribution in [-0.2, 0) is 9.59 Å². The Kier molecular flexibility index (Phi) is 8.69. The highest BCUT2D eigenvalue weighted by atomic mass is 127. The summed E-state index contributed by atoms with van der Waals surface area (Å²) in [6.45, 7) is 2.66. The van der Waals surface area contributed by atoms with Crippen LogP contribution in [0.1, 0.15) is 64.7 Å². The van der Waals surface area contributed by atoms with Crippen molar-refractivity contribution in [1.29, 1.82) is 0 Å². The van der Waals surface area contributed by atoms with E-state index in [2.05, 4.69) is 27.9 Å². The number of hydrogen-bond acceptors (Lipinski definition) is 5. The third kappa shape index (κ3) is 5.92. The van der Waals surface area contributed by atoms with E-state index in [-0.39, 0.29) is 36.8 Å². The van der Waals surface area contributed by atoms with Crippen LogP contribution in [0.15, 0.2) is 35.9 Å². The molecule has 3 atom stereocenters. The summed E-state index contributed by atoms with van der Waals surface area (Å²) in [5, 5.41) is 23.7. The van der Waals surface area contributed by atoms with Crippen molar-refractivity contribution in [3.05, 3.63) is 39.5 Å². The SMILES string of the molecule is CCCC(=O)N(CC12CC3CC(CC(C3)C1)C2)[C@@H]1CC(C(=O)NCCO)=C[C@H](Oc2ccccc2I)[C@H]1O. The highest BCUT2D eigenvalue weighted by Crippen LogP contribution is 2.60. The number of ether oxygens (including phenoxy) is 1. The largest absolute Gasteiger partial charge is 0.482 e. The molecule has 2 amide bonds. The van der Waals surface area contributed by atoms with Crippen LogP contribution < -0.4 is 10.1 Å². The van der Waals surface area contributed by atoms with Crippen molar-refractivity contribution in [2.45, 2.75) is 83.0 Å². The maximum absolute atomic E-state index is 13.7. The molecule has 38 heavy (non-hydrogen) atoms. The third-order valence-electron chi connectivity index (χ3n) is 9.17. The Morgan fingerprint density at radius 2 is 1.79 bits per heavy atom. The van der Waals surface area contributed by atoms with Gasteiger partial charge in [0.2, 0.25) is 11.8 Å². The summed E-state index contributed by atoms with van der Waals surface area (Å²) in [7, 11) is 0. The standard InChI is InChI=1S/C30H41IN2O5/c1-2-5-27(35)33(18-30-15-19-10-20(16-30)12-21(11-19)17-30)24-13-22(29(37)32-8-9-34)14-26(28(24)36)38-25-7-4-3-6-23(25)31/h3-4,6-7,14,19-21,24,26,28,34,36H,2,5,8-13,15-18H2,1H3,(H,32,37)/t19?,20?,21?,24-,26+,28+,30?/m1/s1. The molecule has 1 aromatic rings. The number of carbonyl (C=O) groups is 2. The van der Waals surface area contributed by atoms with E-state index in [9.17, 15) is 19.8 Å². The minimum Gasteiger partial charge on any atom is -0.482 e. The van der Waals surface area contributed by atoms with Crippen molar-refractivity contribution in [1.82, 2.24) is 10.2 Å². The quantitative estimate of drug-likeness (QED) is 0.337. The fraction of sp³-hybridized carbons (Fsp3) is 0.667. The molecule has 0 radical (unpaired) electrons. The Morgan fingerprint density at radius 3 is 2.39 bits per heavy atom. The molecule has 0 heterocycles. The first-order valence-electron chi connectivity index (χ1n) is 14.3. The second kappa shape index (κ2) is 11.8. The summed E-state index contributed by atoms with van der Waals surface area (Å²) >= 11 is 2.20. The number of para-hydroxylation sites is 1. The summed E-state index contributed by atoms with van der Waals surface area (Å²) in [6, 6.07) is 7.05. The van der Waals surface area contributed by atoms with Crippen LogP contribution >= 0.6 is 22.6 Å². The van der Waals surface area contributed by atoms with E-state index in [4.69, 9.17) is 4.74 Å². The molecular weight excluding hydrogens is 595 g/mol. The van der Waals surface area contributed by atoms with Crippen molar-refractivity contribution in [2.75, 3.05) is 19.7 Å². The maximum Gasteiger partial charge on any atom is 0.247 e. The maximum atomic E-state index is 13.7. The molecule has 208 valence electrons. The minimum atomic E-state index is -0.963. The topological polar surface area (TPSA) is 99.1 Å². The number of benzene rings is 1. The van der Waals surface area contributed by atoms with Gasteiger partial charge in [0.05, 0.1) is 16.2 Å². The average Bonchev–Trinajstić information content (AvgIpc) is 2.88. The van der Waals surface area contributed by atoms with Crippen LogP contribution in [0.25, 0.3) is 0 Å². The van der Waals surface area contributed by atoms with Crippen LogP contribution in [0.5, 0.6) is 5.75 Å². The molecule has 4 bridgehead atoms. The molecule has 7 nitrogen and oxygen atoms in total. The summed E-state index contributed by atoms with van der Waals surface area (Å²) in [5.41, 5.74) is 0.605. The Labute approximate surface area is 239 Å². The molecule has 1 aromatic carbocycles. The lowest BCUT2D eigenvalue weighted by molar-refractivity contribution is -0.147. The molecule has 3 N–H and O–H groups in total. The lowest BCUT2D eigenvalue weighted by atomic mass is 9.49. The second-order valence-corrected chi connectivity index (χ2v) is 13.3. The lowest BCUT2D eigenvalue weighted by Crippen LogP contribution is -2.59. The predicted molar refractivity (Wildman–Crippen MR) is 153 cm³/mol. The van der Waals surface area contributed by atoms with Gasteiger partial charge in [-0.25, -0.2) is 0 Å². The zero-order valence-corrected chi connectivity index (χ0v) is 24.4. The fourth-order valence-corrected chi connectivity index (χ4v) is 8.57. The number of nitrogens with zero attached hydrogens (tertiary/aromatic N) is 1. The number of hydrogen-bond donors (Lipinski definition) is 3. The molecule has 0 saturated heterocycles. The molecule has 4 saturated carbocycles. The van der Waals surface area contributed by atoms with Crippen molar-refractivity contribution < 1.29 is 24.5 Å². The van der Waals surface area contributed by atoms with Gasteiger partial charge >= 0.3 is 0 Å². The highest BCUT2D eigenvalue weighted by Gasteiger charge is 2.53. The van der Waals surface area contributed by atoms with Gasteiger partial charge in [0, 0.05) is 31.5 Å². The van der Waals surface area contributed by atoms with E-state index in [0.717, 1.165) is 27.7 Å². The first-order chi connectivity index (χ1) is 18.3.